The summed E-state index contributed by atoms with van der Waals surface area (Å²) >= 11 is 0. The van der Waals surface area contributed by atoms with E-state index in [-0.39, 0.29) is 23.8 Å². The third kappa shape index (κ3) is 3.77. The standard InChI is InChI=1S/C23H30N2O4/c1-15-14-24(12-11-18(15)23(28)29)22(27)20-13-17-9-5-6-10-19(17)25(20)21(26)16-7-3-2-4-8-16/h2-4,7-8,15,17-20H,5-6,9-14H2,1H3,(H,28,29). The molecule has 6 nitrogen and oxygen atoms in total. The van der Waals surface area contributed by atoms with E-state index in [1.165, 1.54) is 0 Å². The molecule has 0 spiro atoms. The Balaban J connectivity index is 1.56. The lowest BCUT2D eigenvalue weighted by molar-refractivity contribution is -0.149. The number of nitrogens with zero attached hydrogens (tertiary/aromatic N) is 2. The van der Waals surface area contributed by atoms with E-state index >= 15 is 0 Å². The van der Waals surface area contributed by atoms with Crippen molar-refractivity contribution in [1.82, 2.24) is 9.80 Å². The highest BCUT2D eigenvalue weighted by atomic mass is 16.4. The van der Waals surface area contributed by atoms with E-state index < -0.39 is 17.9 Å². The SMILES string of the molecule is CC1CN(C(=O)C2CC3CCCCC3N2C(=O)c2ccccc2)CCC1C(=O)O. The van der Waals surface area contributed by atoms with Crippen molar-refractivity contribution in [1.29, 1.82) is 0 Å². The highest BCUT2D eigenvalue weighted by Gasteiger charge is 2.49. The molecule has 5 unspecified atom stereocenters. The van der Waals surface area contributed by atoms with Crippen LogP contribution < -0.4 is 0 Å². The molecule has 0 aromatic heterocycles. The third-order valence-electron chi connectivity index (χ3n) is 7.16. The summed E-state index contributed by atoms with van der Waals surface area (Å²) in [5.74, 6) is -0.915. The second-order valence-corrected chi connectivity index (χ2v) is 8.94. The zero-order valence-electron chi connectivity index (χ0n) is 17.0. The molecule has 2 heterocycles. The summed E-state index contributed by atoms with van der Waals surface area (Å²) in [6, 6.07) is 8.96. The minimum absolute atomic E-state index is 0.000583. The van der Waals surface area contributed by atoms with Crippen molar-refractivity contribution in [2.24, 2.45) is 17.8 Å². The van der Waals surface area contributed by atoms with Gasteiger partial charge in [-0.1, -0.05) is 38.0 Å². The fourth-order valence-electron chi connectivity index (χ4n) is 5.63. The minimum Gasteiger partial charge on any atom is -0.481 e. The summed E-state index contributed by atoms with van der Waals surface area (Å²) in [5, 5.41) is 9.37. The third-order valence-corrected chi connectivity index (χ3v) is 7.16. The quantitative estimate of drug-likeness (QED) is 0.849. The minimum atomic E-state index is -0.780. The average Bonchev–Trinajstić information content (AvgIpc) is 3.12. The molecular weight excluding hydrogens is 368 g/mol. The van der Waals surface area contributed by atoms with Gasteiger partial charge in [0.25, 0.3) is 5.91 Å². The van der Waals surface area contributed by atoms with Crippen molar-refractivity contribution in [3.05, 3.63) is 35.9 Å². The Morgan fingerprint density at radius 3 is 2.45 bits per heavy atom. The molecular formula is C23H30N2O4. The molecule has 2 saturated heterocycles. The number of aliphatic carboxylic acids is 1. The van der Waals surface area contributed by atoms with Crippen molar-refractivity contribution in [2.45, 2.75) is 57.5 Å². The number of piperidine rings is 1. The van der Waals surface area contributed by atoms with E-state index in [9.17, 15) is 19.5 Å². The van der Waals surface area contributed by atoms with Gasteiger partial charge in [0, 0.05) is 24.7 Å². The van der Waals surface area contributed by atoms with Crippen molar-refractivity contribution >= 4 is 17.8 Å². The Hall–Kier alpha value is -2.37. The van der Waals surface area contributed by atoms with Gasteiger partial charge in [0.1, 0.15) is 6.04 Å². The normalized spacial score (nSPS) is 32.0. The maximum Gasteiger partial charge on any atom is 0.306 e. The zero-order valence-corrected chi connectivity index (χ0v) is 17.0. The van der Waals surface area contributed by atoms with Crippen LogP contribution in [0.5, 0.6) is 0 Å². The molecule has 2 amide bonds. The molecule has 6 heteroatoms. The predicted octanol–water partition coefficient (Wildman–Crippen LogP) is 3.03. The molecule has 4 rings (SSSR count). The second-order valence-electron chi connectivity index (χ2n) is 8.94. The molecule has 1 saturated carbocycles. The van der Waals surface area contributed by atoms with Crippen LogP contribution in [-0.4, -0.2) is 57.9 Å². The number of carbonyl (C=O) groups excluding carboxylic acids is 2. The van der Waals surface area contributed by atoms with Gasteiger partial charge in [-0.2, -0.15) is 0 Å². The van der Waals surface area contributed by atoms with Crippen LogP contribution in [0.1, 0.15) is 55.8 Å². The van der Waals surface area contributed by atoms with Gasteiger partial charge in [-0.3, -0.25) is 14.4 Å². The molecule has 0 radical (unpaired) electrons. The van der Waals surface area contributed by atoms with Crippen LogP contribution in [0.4, 0.5) is 0 Å². The van der Waals surface area contributed by atoms with Crippen LogP contribution >= 0.6 is 0 Å². The first-order chi connectivity index (χ1) is 14.0. The number of carboxylic acids is 1. The number of benzene rings is 1. The summed E-state index contributed by atoms with van der Waals surface area (Å²) in [6.07, 6.45) is 5.51. The van der Waals surface area contributed by atoms with Crippen molar-refractivity contribution < 1.29 is 19.5 Å². The van der Waals surface area contributed by atoms with E-state index in [1.807, 2.05) is 42.2 Å². The summed E-state index contributed by atoms with van der Waals surface area (Å²) in [5.41, 5.74) is 0.634. The van der Waals surface area contributed by atoms with Crippen LogP contribution in [0.2, 0.25) is 0 Å². The Morgan fingerprint density at radius 2 is 1.76 bits per heavy atom. The number of rotatable bonds is 3. The lowest BCUT2D eigenvalue weighted by Gasteiger charge is -2.39. The van der Waals surface area contributed by atoms with Gasteiger partial charge in [-0.25, -0.2) is 0 Å². The highest BCUT2D eigenvalue weighted by Crippen LogP contribution is 2.41. The van der Waals surface area contributed by atoms with Gasteiger partial charge in [-0.15, -0.1) is 0 Å². The molecule has 1 aromatic carbocycles. The van der Waals surface area contributed by atoms with E-state index in [2.05, 4.69) is 0 Å². The fraction of sp³-hybridized carbons (Fsp3) is 0.609. The Bertz CT molecular complexity index is 780. The van der Waals surface area contributed by atoms with Crippen molar-refractivity contribution in [3.8, 4) is 0 Å². The van der Waals surface area contributed by atoms with Crippen molar-refractivity contribution in [2.75, 3.05) is 13.1 Å². The van der Waals surface area contributed by atoms with Gasteiger partial charge in [-0.05, 0) is 49.7 Å². The van der Waals surface area contributed by atoms with Gasteiger partial charge >= 0.3 is 5.97 Å². The average molecular weight is 399 g/mol. The first-order valence-electron chi connectivity index (χ1n) is 10.9. The topological polar surface area (TPSA) is 77.9 Å². The smallest absolute Gasteiger partial charge is 0.306 e. The molecule has 2 aliphatic heterocycles. The molecule has 1 aromatic rings. The second kappa shape index (κ2) is 8.17. The maximum absolute atomic E-state index is 13.5. The first kappa shape index (κ1) is 19.9. The Kier molecular flexibility index (Phi) is 5.61. The van der Waals surface area contributed by atoms with E-state index in [0.29, 0.717) is 31.0 Å². The summed E-state index contributed by atoms with van der Waals surface area (Å²) in [4.78, 5) is 42.0. The molecule has 5 atom stereocenters. The lowest BCUT2D eigenvalue weighted by Crippen LogP contribution is -2.54. The predicted molar refractivity (Wildman–Crippen MR) is 108 cm³/mol. The Morgan fingerprint density at radius 1 is 1.03 bits per heavy atom. The largest absolute Gasteiger partial charge is 0.481 e. The lowest BCUT2D eigenvalue weighted by atomic mass is 9.84. The molecule has 3 fully saturated rings. The molecule has 156 valence electrons. The van der Waals surface area contributed by atoms with Gasteiger partial charge in [0.15, 0.2) is 0 Å². The maximum atomic E-state index is 13.5. The van der Waals surface area contributed by atoms with Crippen LogP contribution in [0.15, 0.2) is 30.3 Å². The van der Waals surface area contributed by atoms with E-state index in [0.717, 1.165) is 32.1 Å². The number of amides is 2. The van der Waals surface area contributed by atoms with E-state index in [1.54, 1.807) is 4.90 Å². The number of carbonyl (C=O) groups is 3. The summed E-state index contributed by atoms with van der Waals surface area (Å²) in [6.45, 7) is 2.81. The first-order valence-corrected chi connectivity index (χ1v) is 10.9. The number of fused-ring (bicyclic) bond motifs is 1. The van der Waals surface area contributed by atoms with Crippen LogP contribution in [-0.2, 0) is 9.59 Å². The van der Waals surface area contributed by atoms with Gasteiger partial charge in [0.05, 0.1) is 5.92 Å². The van der Waals surface area contributed by atoms with Crippen molar-refractivity contribution in [3.63, 3.8) is 0 Å². The van der Waals surface area contributed by atoms with Gasteiger partial charge in [0.2, 0.25) is 5.91 Å². The summed E-state index contributed by atoms with van der Waals surface area (Å²) < 4.78 is 0. The molecule has 1 N–H and O–H groups in total. The number of hydrogen-bond acceptors (Lipinski definition) is 3. The molecule has 1 aliphatic carbocycles. The van der Waals surface area contributed by atoms with Crippen LogP contribution in [0.3, 0.4) is 0 Å². The molecule has 29 heavy (non-hydrogen) atoms. The summed E-state index contributed by atoms with van der Waals surface area (Å²) in [7, 11) is 0. The van der Waals surface area contributed by atoms with Crippen LogP contribution in [0, 0.1) is 17.8 Å². The fourth-order valence-corrected chi connectivity index (χ4v) is 5.63. The zero-order chi connectivity index (χ0) is 20.5. The number of likely N-dealkylation sites (tertiary alicyclic amines) is 2. The van der Waals surface area contributed by atoms with Crippen LogP contribution in [0.25, 0.3) is 0 Å². The molecule has 0 bridgehead atoms. The monoisotopic (exact) mass is 398 g/mol. The molecule has 3 aliphatic rings. The van der Waals surface area contributed by atoms with E-state index in [4.69, 9.17) is 0 Å². The number of hydrogen-bond donors (Lipinski definition) is 1. The highest BCUT2D eigenvalue weighted by molar-refractivity contribution is 5.98. The Labute approximate surface area is 171 Å². The van der Waals surface area contributed by atoms with Gasteiger partial charge < -0.3 is 14.9 Å². The number of carboxylic acid groups (broad SMARTS) is 1.